The fourth-order valence-corrected chi connectivity index (χ4v) is 5.38. The summed E-state index contributed by atoms with van der Waals surface area (Å²) in [5.41, 5.74) is 1.39. The molecule has 2 aromatic rings. The highest BCUT2D eigenvalue weighted by atomic mass is 32.2. The van der Waals surface area contributed by atoms with Gasteiger partial charge < -0.3 is 9.80 Å². The lowest BCUT2D eigenvalue weighted by molar-refractivity contribution is 0.0587. The summed E-state index contributed by atoms with van der Waals surface area (Å²) in [6.45, 7) is 17.0. The van der Waals surface area contributed by atoms with E-state index in [2.05, 4.69) is 55.4 Å². The number of nitrogens with zero attached hydrogens (tertiary/aromatic N) is 2. The predicted molar refractivity (Wildman–Crippen MR) is 148 cm³/mol. The van der Waals surface area contributed by atoms with Crippen LogP contribution in [0.4, 0.5) is 0 Å². The maximum Gasteiger partial charge on any atom is 0.255 e. The quantitative estimate of drug-likeness (QED) is 0.300. The van der Waals surface area contributed by atoms with Crippen LogP contribution in [0.15, 0.2) is 58.3 Å². The van der Waals surface area contributed by atoms with Crippen molar-refractivity contribution >= 4 is 23.6 Å². The first-order chi connectivity index (χ1) is 16.7. The molecule has 0 aliphatic rings. The lowest BCUT2D eigenvalue weighted by Gasteiger charge is -2.35. The monoisotopic (exact) mass is 496 g/mol. The minimum absolute atomic E-state index is 0.0569. The smallest absolute Gasteiger partial charge is 0.255 e. The highest BCUT2D eigenvalue weighted by molar-refractivity contribution is 7.99. The van der Waals surface area contributed by atoms with Gasteiger partial charge in [0.25, 0.3) is 11.8 Å². The summed E-state index contributed by atoms with van der Waals surface area (Å²) in [5.74, 6) is 0.114. The van der Waals surface area contributed by atoms with Gasteiger partial charge in [-0.25, -0.2) is 0 Å². The first-order valence-corrected chi connectivity index (χ1v) is 14.0. The average molecular weight is 497 g/mol. The second-order valence-electron chi connectivity index (χ2n) is 9.55. The van der Waals surface area contributed by atoms with Crippen LogP contribution in [-0.4, -0.2) is 45.8 Å². The lowest BCUT2D eigenvalue weighted by atomic mass is 10.1. The molecule has 0 aliphatic carbocycles. The van der Waals surface area contributed by atoms with Gasteiger partial charge in [-0.3, -0.25) is 9.59 Å². The minimum atomic E-state index is 0.0569. The van der Waals surface area contributed by atoms with Gasteiger partial charge in [0.1, 0.15) is 0 Å². The van der Waals surface area contributed by atoms with Gasteiger partial charge in [0.2, 0.25) is 0 Å². The van der Waals surface area contributed by atoms with E-state index in [0.29, 0.717) is 11.1 Å². The summed E-state index contributed by atoms with van der Waals surface area (Å²) in [4.78, 5) is 33.4. The second kappa shape index (κ2) is 13.7. The molecule has 2 amide bonds. The molecule has 0 aliphatic heterocycles. The van der Waals surface area contributed by atoms with Crippen molar-refractivity contribution in [1.82, 2.24) is 9.80 Å². The Morgan fingerprint density at radius 1 is 0.600 bits per heavy atom. The third-order valence-electron chi connectivity index (χ3n) is 7.19. The Labute approximate surface area is 217 Å². The van der Waals surface area contributed by atoms with Crippen LogP contribution in [0, 0.1) is 0 Å². The molecule has 0 fully saturated rings. The number of carbonyl (C=O) groups excluding carboxylic acids is 2. The molecule has 0 radical (unpaired) electrons. The summed E-state index contributed by atoms with van der Waals surface area (Å²) >= 11 is 1.51. The highest BCUT2D eigenvalue weighted by Crippen LogP contribution is 2.35. The Morgan fingerprint density at radius 3 is 1.17 bits per heavy atom. The van der Waals surface area contributed by atoms with Crippen LogP contribution < -0.4 is 0 Å². The minimum Gasteiger partial charge on any atom is -0.333 e. The van der Waals surface area contributed by atoms with Gasteiger partial charge in [-0.15, -0.1) is 0 Å². The molecule has 5 heteroatoms. The Hall–Kier alpha value is -2.27. The van der Waals surface area contributed by atoms with E-state index < -0.39 is 0 Å². The standard InChI is InChI=1S/C30H44N2O2S/c1-9-21(5)31(22(6)10-2)29(33)25-17-13-15-19-27(25)35-28-20-16-14-18-26(28)30(34)32(23(7)11-3)24(8)12-4/h13-24H,9-12H2,1-8H3. The zero-order valence-electron chi connectivity index (χ0n) is 22.9. The normalized spacial score (nSPS) is 14.6. The van der Waals surface area contributed by atoms with Crippen LogP contribution in [0.5, 0.6) is 0 Å². The third kappa shape index (κ3) is 6.91. The average Bonchev–Trinajstić information content (AvgIpc) is 2.88. The first-order valence-electron chi connectivity index (χ1n) is 13.2. The molecule has 0 spiro atoms. The summed E-state index contributed by atoms with van der Waals surface area (Å²) in [5, 5.41) is 0. The third-order valence-corrected chi connectivity index (χ3v) is 8.34. The van der Waals surface area contributed by atoms with E-state index in [1.165, 1.54) is 11.8 Å². The van der Waals surface area contributed by atoms with Gasteiger partial charge in [-0.1, -0.05) is 63.7 Å². The van der Waals surface area contributed by atoms with Crippen molar-refractivity contribution in [3.63, 3.8) is 0 Å². The molecule has 2 rings (SSSR count). The summed E-state index contributed by atoms with van der Waals surface area (Å²) < 4.78 is 0. The summed E-state index contributed by atoms with van der Waals surface area (Å²) in [7, 11) is 0. The van der Waals surface area contributed by atoms with Gasteiger partial charge in [0, 0.05) is 34.0 Å². The van der Waals surface area contributed by atoms with E-state index in [4.69, 9.17) is 0 Å². The van der Waals surface area contributed by atoms with Crippen molar-refractivity contribution < 1.29 is 9.59 Å². The van der Waals surface area contributed by atoms with Gasteiger partial charge in [0.15, 0.2) is 0 Å². The highest BCUT2D eigenvalue weighted by Gasteiger charge is 2.29. The van der Waals surface area contributed by atoms with Gasteiger partial charge in [0.05, 0.1) is 11.1 Å². The Bertz CT molecular complexity index is 879. The molecule has 0 bridgehead atoms. The predicted octanol–water partition coefficient (Wildman–Crippen LogP) is 7.92. The van der Waals surface area contributed by atoms with Crippen LogP contribution in [0.25, 0.3) is 0 Å². The number of hydrogen-bond donors (Lipinski definition) is 0. The van der Waals surface area contributed by atoms with E-state index in [-0.39, 0.29) is 36.0 Å². The van der Waals surface area contributed by atoms with Crippen LogP contribution in [-0.2, 0) is 0 Å². The van der Waals surface area contributed by atoms with Crippen molar-refractivity contribution in [1.29, 1.82) is 0 Å². The topological polar surface area (TPSA) is 40.6 Å². The molecule has 4 unspecified atom stereocenters. The number of benzene rings is 2. The van der Waals surface area contributed by atoms with Gasteiger partial charge in [-0.2, -0.15) is 0 Å². The van der Waals surface area contributed by atoms with Crippen molar-refractivity contribution in [2.45, 2.75) is 115 Å². The zero-order valence-corrected chi connectivity index (χ0v) is 23.7. The maximum atomic E-state index is 13.8. The second-order valence-corrected chi connectivity index (χ2v) is 10.6. The van der Waals surface area contributed by atoms with Crippen molar-refractivity contribution in [2.75, 3.05) is 0 Å². The lowest BCUT2D eigenvalue weighted by Crippen LogP contribution is -2.44. The molecule has 4 nitrogen and oxygen atoms in total. The SMILES string of the molecule is CCC(C)N(C(=O)c1ccccc1Sc1ccccc1C(=O)N(C(C)CC)C(C)CC)C(C)CC. The van der Waals surface area contributed by atoms with Crippen molar-refractivity contribution in [3.8, 4) is 0 Å². The van der Waals surface area contributed by atoms with Crippen LogP contribution >= 0.6 is 11.8 Å². The Kier molecular flexibility index (Phi) is 11.4. The molecule has 35 heavy (non-hydrogen) atoms. The Morgan fingerprint density at radius 2 is 0.886 bits per heavy atom. The van der Waals surface area contributed by atoms with Gasteiger partial charge in [-0.05, 0) is 77.6 Å². The number of carbonyl (C=O) groups is 2. The zero-order chi connectivity index (χ0) is 26.1. The van der Waals surface area contributed by atoms with E-state index in [9.17, 15) is 9.59 Å². The molecular weight excluding hydrogens is 452 g/mol. The summed E-state index contributed by atoms with van der Waals surface area (Å²) in [6.07, 6.45) is 3.63. The van der Waals surface area contributed by atoms with Gasteiger partial charge >= 0.3 is 0 Å². The van der Waals surface area contributed by atoms with Crippen LogP contribution in [0.2, 0.25) is 0 Å². The van der Waals surface area contributed by atoms with E-state index >= 15 is 0 Å². The molecule has 4 atom stereocenters. The van der Waals surface area contributed by atoms with E-state index in [1.807, 2.05) is 58.3 Å². The molecule has 192 valence electrons. The molecule has 0 heterocycles. The maximum absolute atomic E-state index is 13.8. The Balaban J connectivity index is 2.49. The molecular formula is C30H44N2O2S. The molecule has 0 N–H and O–H groups in total. The fraction of sp³-hybridized carbons (Fsp3) is 0.533. The molecule has 0 saturated heterocycles. The first kappa shape index (κ1) is 29.0. The number of amides is 2. The van der Waals surface area contributed by atoms with Crippen molar-refractivity contribution in [3.05, 3.63) is 59.7 Å². The fourth-order valence-electron chi connectivity index (χ4n) is 4.32. The van der Waals surface area contributed by atoms with Crippen LogP contribution in [0.3, 0.4) is 0 Å². The molecule has 0 aromatic heterocycles. The van der Waals surface area contributed by atoms with Crippen LogP contribution in [0.1, 0.15) is 102 Å². The van der Waals surface area contributed by atoms with E-state index in [0.717, 1.165) is 35.5 Å². The van der Waals surface area contributed by atoms with E-state index in [1.54, 1.807) is 0 Å². The summed E-state index contributed by atoms with van der Waals surface area (Å²) in [6, 6.07) is 16.2. The number of rotatable bonds is 12. The molecule has 2 aromatic carbocycles. The van der Waals surface area contributed by atoms with Crippen molar-refractivity contribution in [2.24, 2.45) is 0 Å². The molecule has 0 saturated carbocycles. The number of hydrogen-bond acceptors (Lipinski definition) is 3. The largest absolute Gasteiger partial charge is 0.333 e.